The SMILES string of the molecule is Cc1c(C#N)cccc1NC(=O)N1CCCN(C(=O)C2CC2)CC1. The molecule has 1 saturated heterocycles. The predicted molar refractivity (Wildman–Crippen MR) is 90.4 cm³/mol. The Hall–Kier alpha value is -2.55. The number of hydrogen-bond acceptors (Lipinski definition) is 3. The molecule has 0 spiro atoms. The van der Waals surface area contributed by atoms with Crippen LogP contribution in [0.3, 0.4) is 0 Å². The van der Waals surface area contributed by atoms with Crippen molar-refractivity contribution in [2.45, 2.75) is 26.2 Å². The number of urea groups is 1. The normalized spacial score (nSPS) is 17.8. The van der Waals surface area contributed by atoms with E-state index >= 15 is 0 Å². The minimum absolute atomic E-state index is 0.172. The number of benzene rings is 1. The van der Waals surface area contributed by atoms with Crippen LogP contribution in [-0.4, -0.2) is 47.9 Å². The molecule has 1 saturated carbocycles. The highest BCUT2D eigenvalue weighted by atomic mass is 16.2. The molecule has 2 aliphatic rings. The lowest BCUT2D eigenvalue weighted by atomic mass is 10.1. The van der Waals surface area contributed by atoms with Crippen LogP contribution in [-0.2, 0) is 4.79 Å². The molecule has 2 fully saturated rings. The maximum absolute atomic E-state index is 12.5. The molecule has 1 N–H and O–H groups in total. The van der Waals surface area contributed by atoms with Gasteiger partial charge in [0, 0.05) is 37.8 Å². The molecule has 0 aromatic heterocycles. The van der Waals surface area contributed by atoms with Gasteiger partial charge in [0.15, 0.2) is 0 Å². The Morgan fingerprint density at radius 3 is 2.58 bits per heavy atom. The van der Waals surface area contributed by atoms with E-state index in [1.165, 1.54) is 0 Å². The Morgan fingerprint density at radius 2 is 1.88 bits per heavy atom. The highest BCUT2D eigenvalue weighted by Gasteiger charge is 2.34. The summed E-state index contributed by atoms with van der Waals surface area (Å²) in [4.78, 5) is 28.3. The maximum atomic E-state index is 12.5. The van der Waals surface area contributed by atoms with Crippen LogP contribution < -0.4 is 5.32 Å². The predicted octanol–water partition coefficient (Wildman–Crippen LogP) is 2.34. The van der Waals surface area contributed by atoms with Crippen LogP contribution >= 0.6 is 0 Å². The zero-order chi connectivity index (χ0) is 17.1. The second-order valence-corrected chi connectivity index (χ2v) is 6.46. The van der Waals surface area contributed by atoms with E-state index in [-0.39, 0.29) is 17.9 Å². The Labute approximate surface area is 142 Å². The highest BCUT2D eigenvalue weighted by Crippen LogP contribution is 2.31. The molecular weight excluding hydrogens is 304 g/mol. The summed E-state index contributed by atoms with van der Waals surface area (Å²) in [6, 6.07) is 7.25. The number of nitriles is 1. The van der Waals surface area contributed by atoms with Crippen molar-refractivity contribution in [3.05, 3.63) is 29.3 Å². The Bertz CT molecular complexity index is 691. The summed E-state index contributed by atoms with van der Waals surface area (Å²) in [6.45, 7) is 4.33. The van der Waals surface area contributed by atoms with Gasteiger partial charge in [-0.1, -0.05) is 6.07 Å². The van der Waals surface area contributed by atoms with Crippen LogP contribution in [0, 0.1) is 24.2 Å². The molecule has 1 aliphatic carbocycles. The second-order valence-electron chi connectivity index (χ2n) is 6.46. The number of amides is 3. The van der Waals surface area contributed by atoms with Gasteiger partial charge in [0.2, 0.25) is 5.91 Å². The summed E-state index contributed by atoms with van der Waals surface area (Å²) in [7, 11) is 0. The summed E-state index contributed by atoms with van der Waals surface area (Å²) < 4.78 is 0. The van der Waals surface area contributed by atoms with Gasteiger partial charge in [-0.25, -0.2) is 4.79 Å². The number of carbonyl (C=O) groups is 2. The van der Waals surface area contributed by atoms with E-state index in [1.54, 1.807) is 23.1 Å². The quantitative estimate of drug-likeness (QED) is 0.906. The Morgan fingerprint density at radius 1 is 1.17 bits per heavy atom. The van der Waals surface area contributed by atoms with Gasteiger partial charge < -0.3 is 15.1 Å². The lowest BCUT2D eigenvalue weighted by Gasteiger charge is -2.23. The molecule has 1 heterocycles. The van der Waals surface area contributed by atoms with Gasteiger partial charge in [-0.3, -0.25) is 4.79 Å². The molecular formula is C18H22N4O2. The number of nitrogens with one attached hydrogen (secondary N) is 1. The molecule has 1 aliphatic heterocycles. The first-order chi connectivity index (χ1) is 11.6. The standard InChI is InChI=1S/C18H22N4O2/c1-13-15(12-19)4-2-5-16(13)20-18(24)22-9-3-8-21(10-11-22)17(23)14-6-7-14/h2,4-5,14H,3,6-11H2,1H3,(H,20,24). The number of carbonyl (C=O) groups excluding carboxylic acids is 2. The zero-order valence-electron chi connectivity index (χ0n) is 13.9. The average Bonchev–Trinajstić information content (AvgIpc) is 3.42. The molecule has 1 aromatic rings. The summed E-state index contributed by atoms with van der Waals surface area (Å²) in [5.74, 6) is 0.469. The first kappa shape index (κ1) is 16.3. The molecule has 0 atom stereocenters. The van der Waals surface area contributed by atoms with Crippen LogP contribution in [0.2, 0.25) is 0 Å². The van der Waals surface area contributed by atoms with E-state index < -0.39 is 0 Å². The third-order valence-electron chi connectivity index (χ3n) is 4.72. The van der Waals surface area contributed by atoms with Crippen molar-refractivity contribution in [3.63, 3.8) is 0 Å². The minimum atomic E-state index is -0.172. The lowest BCUT2D eigenvalue weighted by Crippen LogP contribution is -2.39. The monoisotopic (exact) mass is 326 g/mol. The van der Waals surface area contributed by atoms with Crippen molar-refractivity contribution in [1.29, 1.82) is 5.26 Å². The van der Waals surface area contributed by atoms with Gasteiger partial charge in [0.1, 0.15) is 0 Å². The van der Waals surface area contributed by atoms with Gasteiger partial charge in [0.25, 0.3) is 0 Å². The van der Waals surface area contributed by atoms with E-state index in [0.29, 0.717) is 30.9 Å². The minimum Gasteiger partial charge on any atom is -0.341 e. The van der Waals surface area contributed by atoms with Crippen molar-refractivity contribution >= 4 is 17.6 Å². The third kappa shape index (κ3) is 3.51. The third-order valence-corrected chi connectivity index (χ3v) is 4.72. The van der Waals surface area contributed by atoms with E-state index in [1.807, 2.05) is 11.8 Å². The van der Waals surface area contributed by atoms with Gasteiger partial charge in [-0.2, -0.15) is 5.26 Å². The molecule has 0 bridgehead atoms. The lowest BCUT2D eigenvalue weighted by molar-refractivity contribution is -0.132. The summed E-state index contributed by atoms with van der Waals surface area (Å²) in [6.07, 6.45) is 2.81. The van der Waals surface area contributed by atoms with Crippen molar-refractivity contribution < 1.29 is 9.59 Å². The number of nitrogens with zero attached hydrogens (tertiary/aromatic N) is 3. The number of anilines is 1. The molecule has 6 heteroatoms. The van der Waals surface area contributed by atoms with E-state index in [9.17, 15) is 9.59 Å². The molecule has 6 nitrogen and oxygen atoms in total. The van der Waals surface area contributed by atoms with Gasteiger partial charge in [-0.05, 0) is 43.9 Å². The van der Waals surface area contributed by atoms with E-state index in [2.05, 4.69) is 11.4 Å². The van der Waals surface area contributed by atoms with Crippen molar-refractivity contribution in [3.8, 4) is 6.07 Å². The van der Waals surface area contributed by atoms with Gasteiger partial charge in [0.05, 0.1) is 11.6 Å². The van der Waals surface area contributed by atoms with E-state index in [0.717, 1.165) is 31.4 Å². The van der Waals surface area contributed by atoms with Crippen molar-refractivity contribution in [2.75, 3.05) is 31.5 Å². The maximum Gasteiger partial charge on any atom is 0.321 e. The van der Waals surface area contributed by atoms with Gasteiger partial charge >= 0.3 is 6.03 Å². The molecule has 3 rings (SSSR count). The van der Waals surface area contributed by atoms with Crippen LogP contribution in [0.4, 0.5) is 10.5 Å². The summed E-state index contributed by atoms with van der Waals surface area (Å²) >= 11 is 0. The van der Waals surface area contributed by atoms with Crippen LogP contribution in [0.25, 0.3) is 0 Å². The van der Waals surface area contributed by atoms with Crippen LogP contribution in [0.1, 0.15) is 30.4 Å². The fourth-order valence-corrected chi connectivity index (χ4v) is 3.02. The first-order valence-corrected chi connectivity index (χ1v) is 8.44. The summed E-state index contributed by atoms with van der Waals surface area (Å²) in [5.41, 5.74) is 1.99. The average molecular weight is 326 g/mol. The molecule has 3 amide bonds. The van der Waals surface area contributed by atoms with Crippen molar-refractivity contribution in [2.24, 2.45) is 5.92 Å². The fraction of sp³-hybridized carbons (Fsp3) is 0.500. The summed E-state index contributed by atoms with van der Waals surface area (Å²) in [5, 5.41) is 12.0. The smallest absolute Gasteiger partial charge is 0.321 e. The van der Waals surface area contributed by atoms with Crippen molar-refractivity contribution in [1.82, 2.24) is 9.80 Å². The number of rotatable bonds is 2. The number of hydrogen-bond donors (Lipinski definition) is 1. The highest BCUT2D eigenvalue weighted by molar-refractivity contribution is 5.90. The van der Waals surface area contributed by atoms with Crippen LogP contribution in [0.15, 0.2) is 18.2 Å². The Balaban J connectivity index is 1.61. The Kier molecular flexibility index (Phi) is 4.70. The first-order valence-electron chi connectivity index (χ1n) is 8.44. The molecule has 0 radical (unpaired) electrons. The molecule has 1 aromatic carbocycles. The fourth-order valence-electron chi connectivity index (χ4n) is 3.02. The molecule has 0 unspecified atom stereocenters. The molecule has 24 heavy (non-hydrogen) atoms. The second kappa shape index (κ2) is 6.91. The van der Waals surface area contributed by atoms with Gasteiger partial charge in [-0.15, -0.1) is 0 Å². The zero-order valence-corrected chi connectivity index (χ0v) is 13.9. The van der Waals surface area contributed by atoms with E-state index in [4.69, 9.17) is 5.26 Å². The molecule has 126 valence electrons. The largest absolute Gasteiger partial charge is 0.341 e. The van der Waals surface area contributed by atoms with Crippen LogP contribution in [0.5, 0.6) is 0 Å². The topological polar surface area (TPSA) is 76.4 Å².